The monoisotopic (exact) mass is 224 g/mol. The molecule has 0 saturated heterocycles. The summed E-state index contributed by atoms with van der Waals surface area (Å²) in [6.45, 7) is 2.05. The first-order valence-corrected chi connectivity index (χ1v) is 5.73. The number of allylic oxidation sites excluding steroid dienone is 2. The fraction of sp³-hybridized carbons (Fsp3) is 0.667. The highest BCUT2D eigenvalue weighted by Gasteiger charge is 2.48. The van der Waals surface area contributed by atoms with E-state index in [1.807, 2.05) is 12.2 Å². The SMILES string of the molecule is CCOC(=O)[C@@H]1C2C=CC(CC2)[C@@H]1C(=O)O. The highest BCUT2D eigenvalue weighted by Crippen LogP contribution is 2.45. The van der Waals surface area contributed by atoms with Gasteiger partial charge in [-0.3, -0.25) is 9.59 Å². The average Bonchev–Trinajstić information content (AvgIpc) is 2.29. The van der Waals surface area contributed by atoms with Crippen LogP contribution < -0.4 is 0 Å². The predicted octanol–water partition coefficient (Wildman–Crippen LogP) is 1.46. The molecule has 1 fully saturated rings. The van der Waals surface area contributed by atoms with Crippen LogP contribution in [0.15, 0.2) is 12.2 Å². The molecule has 4 nitrogen and oxygen atoms in total. The van der Waals surface area contributed by atoms with Gasteiger partial charge in [-0.05, 0) is 31.6 Å². The Hall–Kier alpha value is -1.32. The van der Waals surface area contributed by atoms with Crippen molar-refractivity contribution in [3.63, 3.8) is 0 Å². The molecule has 88 valence electrons. The summed E-state index contributed by atoms with van der Waals surface area (Å²) in [5.41, 5.74) is 0. The Bertz CT molecular complexity index is 334. The van der Waals surface area contributed by atoms with Crippen molar-refractivity contribution >= 4 is 11.9 Å². The van der Waals surface area contributed by atoms with E-state index in [1.165, 1.54) is 0 Å². The van der Waals surface area contributed by atoms with Crippen LogP contribution in [0.2, 0.25) is 0 Å². The molecule has 3 aliphatic carbocycles. The maximum atomic E-state index is 11.8. The first-order chi connectivity index (χ1) is 7.65. The van der Waals surface area contributed by atoms with Crippen LogP contribution in [-0.4, -0.2) is 23.7 Å². The summed E-state index contributed by atoms with van der Waals surface area (Å²) in [7, 11) is 0. The van der Waals surface area contributed by atoms with Gasteiger partial charge in [0, 0.05) is 0 Å². The molecule has 0 aliphatic heterocycles. The van der Waals surface area contributed by atoms with E-state index >= 15 is 0 Å². The molecule has 0 aromatic heterocycles. The van der Waals surface area contributed by atoms with Crippen molar-refractivity contribution in [3.05, 3.63) is 12.2 Å². The van der Waals surface area contributed by atoms with E-state index in [-0.39, 0.29) is 17.8 Å². The van der Waals surface area contributed by atoms with Crippen LogP contribution in [0.3, 0.4) is 0 Å². The van der Waals surface area contributed by atoms with Crippen molar-refractivity contribution in [2.75, 3.05) is 6.61 Å². The molecule has 2 bridgehead atoms. The van der Waals surface area contributed by atoms with Gasteiger partial charge in [0.1, 0.15) is 0 Å². The van der Waals surface area contributed by atoms with Gasteiger partial charge in [-0.15, -0.1) is 0 Å². The van der Waals surface area contributed by atoms with E-state index in [2.05, 4.69) is 0 Å². The second-order valence-corrected chi connectivity index (χ2v) is 4.43. The lowest BCUT2D eigenvalue weighted by atomic mass is 9.62. The van der Waals surface area contributed by atoms with Gasteiger partial charge in [0.15, 0.2) is 0 Å². The zero-order valence-electron chi connectivity index (χ0n) is 9.26. The van der Waals surface area contributed by atoms with Gasteiger partial charge in [0.05, 0.1) is 18.4 Å². The number of ether oxygens (including phenoxy) is 1. The molecule has 4 heteroatoms. The Morgan fingerprint density at radius 1 is 1.25 bits per heavy atom. The molecular weight excluding hydrogens is 208 g/mol. The number of carbonyl (C=O) groups is 2. The summed E-state index contributed by atoms with van der Waals surface area (Å²) in [5, 5.41) is 9.21. The molecule has 3 rings (SSSR count). The van der Waals surface area contributed by atoms with Crippen molar-refractivity contribution in [2.24, 2.45) is 23.7 Å². The van der Waals surface area contributed by atoms with Gasteiger partial charge in [-0.25, -0.2) is 0 Å². The normalized spacial score (nSPS) is 36.1. The van der Waals surface area contributed by atoms with Crippen LogP contribution in [0, 0.1) is 23.7 Å². The second-order valence-electron chi connectivity index (χ2n) is 4.43. The van der Waals surface area contributed by atoms with E-state index < -0.39 is 17.8 Å². The summed E-state index contributed by atoms with van der Waals surface area (Å²) >= 11 is 0. The van der Waals surface area contributed by atoms with Gasteiger partial charge in [0.2, 0.25) is 0 Å². The van der Waals surface area contributed by atoms with Crippen molar-refractivity contribution in [1.29, 1.82) is 0 Å². The number of carboxylic acid groups (broad SMARTS) is 1. The van der Waals surface area contributed by atoms with Gasteiger partial charge in [-0.1, -0.05) is 12.2 Å². The zero-order chi connectivity index (χ0) is 11.7. The van der Waals surface area contributed by atoms with E-state index in [4.69, 9.17) is 4.74 Å². The van der Waals surface area contributed by atoms with Crippen LogP contribution in [0.1, 0.15) is 19.8 Å². The smallest absolute Gasteiger partial charge is 0.310 e. The largest absolute Gasteiger partial charge is 0.481 e. The number of carboxylic acids is 1. The van der Waals surface area contributed by atoms with Crippen molar-refractivity contribution < 1.29 is 19.4 Å². The topological polar surface area (TPSA) is 63.6 Å². The standard InChI is InChI=1S/C12H16O4/c1-2-16-12(15)10-8-5-3-7(4-6-8)9(10)11(13)14/h3,5,7-10H,2,4,6H2,1H3,(H,13,14)/t7?,8?,9-,10+/m0/s1. The molecule has 0 radical (unpaired) electrons. The van der Waals surface area contributed by atoms with Crippen LogP contribution >= 0.6 is 0 Å². The molecule has 0 aromatic rings. The van der Waals surface area contributed by atoms with Crippen molar-refractivity contribution in [2.45, 2.75) is 19.8 Å². The molecule has 1 saturated carbocycles. The van der Waals surface area contributed by atoms with E-state index in [1.54, 1.807) is 6.92 Å². The third-order valence-electron chi connectivity index (χ3n) is 3.59. The predicted molar refractivity (Wildman–Crippen MR) is 56.6 cm³/mol. The molecule has 0 heterocycles. The molecule has 16 heavy (non-hydrogen) atoms. The van der Waals surface area contributed by atoms with Gasteiger partial charge >= 0.3 is 11.9 Å². The summed E-state index contributed by atoms with van der Waals surface area (Å²) in [6.07, 6.45) is 5.69. The summed E-state index contributed by atoms with van der Waals surface area (Å²) in [6, 6.07) is 0. The number of hydrogen-bond acceptors (Lipinski definition) is 3. The Balaban J connectivity index is 2.24. The van der Waals surface area contributed by atoms with E-state index in [0.29, 0.717) is 6.61 Å². The van der Waals surface area contributed by atoms with Crippen LogP contribution in [-0.2, 0) is 14.3 Å². The number of fused-ring (bicyclic) bond motifs is 2. The zero-order valence-corrected chi connectivity index (χ0v) is 9.26. The lowest BCUT2D eigenvalue weighted by Crippen LogP contribution is -2.45. The Morgan fingerprint density at radius 3 is 2.25 bits per heavy atom. The third kappa shape index (κ3) is 1.72. The molecule has 0 spiro atoms. The van der Waals surface area contributed by atoms with Gasteiger partial charge in [-0.2, -0.15) is 0 Å². The summed E-state index contributed by atoms with van der Waals surface area (Å²) < 4.78 is 4.98. The highest BCUT2D eigenvalue weighted by atomic mass is 16.5. The number of rotatable bonds is 3. The summed E-state index contributed by atoms with van der Waals surface area (Å²) in [5.74, 6) is -2.27. The number of hydrogen-bond donors (Lipinski definition) is 1. The van der Waals surface area contributed by atoms with Crippen molar-refractivity contribution in [3.8, 4) is 0 Å². The molecule has 0 amide bonds. The minimum atomic E-state index is -0.878. The van der Waals surface area contributed by atoms with Crippen LogP contribution in [0.5, 0.6) is 0 Å². The fourth-order valence-electron chi connectivity index (χ4n) is 2.89. The van der Waals surface area contributed by atoms with Gasteiger partial charge < -0.3 is 9.84 Å². The second kappa shape index (κ2) is 4.28. The van der Waals surface area contributed by atoms with Crippen LogP contribution in [0.4, 0.5) is 0 Å². The van der Waals surface area contributed by atoms with E-state index in [0.717, 1.165) is 12.8 Å². The van der Waals surface area contributed by atoms with Crippen LogP contribution in [0.25, 0.3) is 0 Å². The lowest BCUT2D eigenvalue weighted by molar-refractivity contribution is -0.163. The molecule has 1 N–H and O–H groups in total. The molecule has 3 aliphatic rings. The fourth-order valence-corrected chi connectivity index (χ4v) is 2.89. The molecular formula is C12H16O4. The Kier molecular flexibility index (Phi) is 2.99. The number of aliphatic carboxylic acids is 1. The minimum absolute atomic E-state index is 0.00286. The molecule has 2 unspecified atom stereocenters. The maximum Gasteiger partial charge on any atom is 0.310 e. The van der Waals surface area contributed by atoms with E-state index in [9.17, 15) is 14.7 Å². The minimum Gasteiger partial charge on any atom is -0.481 e. The number of carbonyl (C=O) groups excluding carboxylic acids is 1. The quantitative estimate of drug-likeness (QED) is 0.582. The Morgan fingerprint density at radius 2 is 1.81 bits per heavy atom. The first kappa shape index (κ1) is 11.2. The lowest BCUT2D eigenvalue weighted by Gasteiger charge is -2.41. The number of esters is 1. The highest BCUT2D eigenvalue weighted by molar-refractivity contribution is 5.82. The third-order valence-corrected chi connectivity index (χ3v) is 3.59. The first-order valence-electron chi connectivity index (χ1n) is 5.73. The average molecular weight is 224 g/mol. The maximum absolute atomic E-state index is 11.8. The Labute approximate surface area is 94.3 Å². The van der Waals surface area contributed by atoms with Crippen molar-refractivity contribution in [1.82, 2.24) is 0 Å². The van der Waals surface area contributed by atoms with Gasteiger partial charge in [0.25, 0.3) is 0 Å². The molecule has 0 aromatic carbocycles. The molecule has 4 atom stereocenters. The summed E-state index contributed by atoms with van der Waals surface area (Å²) in [4.78, 5) is 23.0.